The second-order valence-corrected chi connectivity index (χ2v) is 5.83. The van der Waals surface area contributed by atoms with Crippen molar-refractivity contribution < 1.29 is 9.53 Å². The van der Waals surface area contributed by atoms with Gasteiger partial charge in [-0.3, -0.25) is 10.00 Å². The first kappa shape index (κ1) is 14.3. The van der Waals surface area contributed by atoms with Crippen molar-refractivity contribution in [3.05, 3.63) is 17.4 Å². The van der Waals surface area contributed by atoms with Crippen LogP contribution in [0.4, 0.5) is 0 Å². The molecular weight excluding hydrogens is 266 g/mol. The first-order valence-electron chi connectivity index (χ1n) is 6.52. The standard InChI is InChI=1S/C13H20ClN3O2/c1-9(2)16-13(10-4-5-10,12(18)19-3)8-17-7-11(14)6-15-17/h6-7,9-10,16H,4-5,8H2,1-3H3. The lowest BCUT2D eigenvalue weighted by molar-refractivity contribution is -0.151. The molecular formula is C13H20ClN3O2. The molecule has 0 aliphatic heterocycles. The lowest BCUT2D eigenvalue weighted by Gasteiger charge is -2.34. The molecule has 1 atom stereocenters. The van der Waals surface area contributed by atoms with E-state index in [0.717, 1.165) is 12.8 Å². The number of esters is 1. The Morgan fingerprint density at radius 3 is 2.79 bits per heavy atom. The number of rotatable bonds is 6. The first-order valence-corrected chi connectivity index (χ1v) is 6.90. The third-order valence-electron chi connectivity index (χ3n) is 3.38. The second kappa shape index (κ2) is 5.51. The molecule has 0 amide bonds. The van der Waals surface area contributed by atoms with Crippen LogP contribution in [0.5, 0.6) is 0 Å². The van der Waals surface area contributed by atoms with Crippen LogP contribution in [0.25, 0.3) is 0 Å². The number of aromatic nitrogens is 2. The van der Waals surface area contributed by atoms with Gasteiger partial charge in [0, 0.05) is 12.2 Å². The van der Waals surface area contributed by atoms with Crippen molar-refractivity contribution in [3.63, 3.8) is 0 Å². The molecule has 0 bridgehead atoms. The average molecular weight is 286 g/mol. The molecule has 6 heteroatoms. The Bertz CT molecular complexity index is 456. The Hall–Kier alpha value is -1.07. The van der Waals surface area contributed by atoms with Gasteiger partial charge in [0.1, 0.15) is 5.54 Å². The highest BCUT2D eigenvalue weighted by Gasteiger charge is 2.52. The average Bonchev–Trinajstić information content (AvgIpc) is 3.12. The van der Waals surface area contributed by atoms with Gasteiger partial charge in [-0.15, -0.1) is 0 Å². The molecule has 1 aromatic rings. The van der Waals surface area contributed by atoms with Gasteiger partial charge in [-0.05, 0) is 32.6 Å². The predicted octanol–water partition coefficient (Wildman–Crippen LogP) is 1.86. The summed E-state index contributed by atoms with van der Waals surface area (Å²) in [6, 6.07) is 0.186. The van der Waals surface area contributed by atoms with Crippen molar-refractivity contribution in [2.75, 3.05) is 7.11 Å². The van der Waals surface area contributed by atoms with E-state index < -0.39 is 5.54 Å². The molecule has 1 N–H and O–H groups in total. The molecule has 0 radical (unpaired) electrons. The highest BCUT2D eigenvalue weighted by Crippen LogP contribution is 2.41. The van der Waals surface area contributed by atoms with E-state index in [1.54, 1.807) is 17.1 Å². The van der Waals surface area contributed by atoms with Gasteiger partial charge in [0.15, 0.2) is 0 Å². The molecule has 0 spiro atoms. The maximum absolute atomic E-state index is 12.3. The van der Waals surface area contributed by atoms with Gasteiger partial charge < -0.3 is 4.74 Å². The summed E-state index contributed by atoms with van der Waals surface area (Å²) in [5.74, 6) is 0.0700. The lowest BCUT2D eigenvalue weighted by Crippen LogP contribution is -2.59. The van der Waals surface area contributed by atoms with E-state index >= 15 is 0 Å². The van der Waals surface area contributed by atoms with Gasteiger partial charge in [0.05, 0.1) is 24.9 Å². The minimum Gasteiger partial charge on any atom is -0.468 e. The Morgan fingerprint density at radius 1 is 1.68 bits per heavy atom. The maximum Gasteiger partial charge on any atom is 0.328 e. The smallest absolute Gasteiger partial charge is 0.328 e. The minimum absolute atomic E-state index is 0.186. The van der Waals surface area contributed by atoms with E-state index in [4.69, 9.17) is 16.3 Å². The van der Waals surface area contributed by atoms with E-state index in [1.807, 2.05) is 13.8 Å². The van der Waals surface area contributed by atoms with Crippen molar-refractivity contribution in [2.24, 2.45) is 5.92 Å². The SMILES string of the molecule is COC(=O)C(Cn1cc(Cl)cn1)(NC(C)C)C1CC1. The fourth-order valence-electron chi connectivity index (χ4n) is 2.54. The van der Waals surface area contributed by atoms with Crippen LogP contribution in [0, 0.1) is 5.92 Å². The quantitative estimate of drug-likeness (QED) is 0.811. The lowest BCUT2D eigenvalue weighted by atomic mass is 9.92. The zero-order chi connectivity index (χ0) is 14.0. The molecule has 106 valence electrons. The molecule has 1 aromatic heterocycles. The van der Waals surface area contributed by atoms with Gasteiger partial charge in [-0.25, -0.2) is 4.79 Å². The van der Waals surface area contributed by atoms with Crippen LogP contribution in [-0.4, -0.2) is 34.4 Å². The number of methoxy groups -OCH3 is 1. The van der Waals surface area contributed by atoms with Gasteiger partial charge in [0.25, 0.3) is 0 Å². The molecule has 1 aliphatic carbocycles. The number of hydrogen-bond donors (Lipinski definition) is 1. The van der Waals surface area contributed by atoms with E-state index in [0.29, 0.717) is 17.5 Å². The zero-order valence-electron chi connectivity index (χ0n) is 11.5. The Balaban J connectivity index is 2.28. The molecule has 19 heavy (non-hydrogen) atoms. The molecule has 0 saturated heterocycles. The summed E-state index contributed by atoms with van der Waals surface area (Å²) in [5, 5.41) is 8.13. The van der Waals surface area contributed by atoms with E-state index in [9.17, 15) is 4.79 Å². The van der Waals surface area contributed by atoms with Crippen molar-refractivity contribution in [1.29, 1.82) is 0 Å². The number of carbonyl (C=O) groups is 1. The van der Waals surface area contributed by atoms with Gasteiger partial charge >= 0.3 is 5.97 Å². The predicted molar refractivity (Wildman–Crippen MR) is 73.0 cm³/mol. The monoisotopic (exact) mass is 285 g/mol. The number of nitrogens with one attached hydrogen (secondary N) is 1. The van der Waals surface area contributed by atoms with E-state index in [-0.39, 0.29) is 12.0 Å². The van der Waals surface area contributed by atoms with Crippen LogP contribution in [-0.2, 0) is 16.1 Å². The number of ether oxygens (including phenoxy) is 1. The molecule has 2 rings (SSSR count). The van der Waals surface area contributed by atoms with Crippen LogP contribution < -0.4 is 5.32 Å². The molecule has 1 heterocycles. The summed E-state index contributed by atoms with van der Waals surface area (Å²) in [6.07, 6.45) is 5.36. The van der Waals surface area contributed by atoms with E-state index in [1.165, 1.54) is 7.11 Å². The largest absolute Gasteiger partial charge is 0.468 e. The molecule has 1 aliphatic rings. The van der Waals surface area contributed by atoms with Gasteiger partial charge in [-0.2, -0.15) is 5.10 Å². The first-order chi connectivity index (χ1) is 8.98. The van der Waals surface area contributed by atoms with Gasteiger partial charge in [0.2, 0.25) is 0 Å². The molecule has 5 nitrogen and oxygen atoms in total. The van der Waals surface area contributed by atoms with Crippen LogP contribution in [0.1, 0.15) is 26.7 Å². The van der Waals surface area contributed by atoms with Crippen molar-refractivity contribution in [1.82, 2.24) is 15.1 Å². The van der Waals surface area contributed by atoms with Crippen molar-refractivity contribution in [3.8, 4) is 0 Å². The molecule has 1 saturated carbocycles. The van der Waals surface area contributed by atoms with Crippen LogP contribution in [0.2, 0.25) is 5.02 Å². The normalized spacial score (nSPS) is 18.4. The fraction of sp³-hybridized carbons (Fsp3) is 0.692. The molecule has 0 aromatic carbocycles. The summed E-state index contributed by atoms with van der Waals surface area (Å²) in [4.78, 5) is 12.3. The van der Waals surface area contributed by atoms with Crippen LogP contribution in [0.15, 0.2) is 12.4 Å². The fourth-order valence-corrected chi connectivity index (χ4v) is 2.69. The summed E-state index contributed by atoms with van der Waals surface area (Å²) < 4.78 is 6.72. The third-order valence-corrected chi connectivity index (χ3v) is 3.58. The molecule has 1 unspecified atom stereocenters. The minimum atomic E-state index is -0.710. The van der Waals surface area contributed by atoms with Crippen molar-refractivity contribution in [2.45, 2.75) is 44.8 Å². The number of hydrogen-bond acceptors (Lipinski definition) is 4. The van der Waals surface area contributed by atoms with Crippen molar-refractivity contribution >= 4 is 17.6 Å². The van der Waals surface area contributed by atoms with Gasteiger partial charge in [-0.1, -0.05) is 11.6 Å². The Kier molecular flexibility index (Phi) is 4.16. The van der Waals surface area contributed by atoms with Crippen LogP contribution in [0.3, 0.4) is 0 Å². The van der Waals surface area contributed by atoms with E-state index in [2.05, 4.69) is 10.4 Å². The topological polar surface area (TPSA) is 56.2 Å². The summed E-state index contributed by atoms with van der Waals surface area (Å²) >= 11 is 5.88. The number of nitrogens with zero attached hydrogens (tertiary/aromatic N) is 2. The summed E-state index contributed by atoms with van der Waals surface area (Å²) in [5.41, 5.74) is -0.710. The Morgan fingerprint density at radius 2 is 2.37 bits per heavy atom. The second-order valence-electron chi connectivity index (χ2n) is 5.39. The summed E-state index contributed by atoms with van der Waals surface area (Å²) in [6.45, 7) is 4.49. The van der Waals surface area contributed by atoms with Crippen LogP contribution >= 0.6 is 11.6 Å². The summed E-state index contributed by atoms with van der Waals surface area (Å²) in [7, 11) is 1.43. The third kappa shape index (κ3) is 3.09. The zero-order valence-corrected chi connectivity index (χ0v) is 12.3. The highest BCUT2D eigenvalue weighted by atomic mass is 35.5. The molecule has 1 fully saturated rings. The number of carbonyl (C=O) groups excluding carboxylic acids is 1. The Labute approximate surface area is 118 Å². The maximum atomic E-state index is 12.3. The number of halogens is 1. The highest BCUT2D eigenvalue weighted by molar-refractivity contribution is 6.30.